The molecule has 0 spiro atoms. The number of rotatable bonds is 12. The monoisotopic (exact) mass is 502 g/mol. The summed E-state index contributed by atoms with van der Waals surface area (Å²) in [7, 11) is 2.74. The molecular formula is C22H22N4O10. The predicted octanol–water partition coefficient (Wildman–Crippen LogP) is 0.231. The first-order valence-electron chi connectivity index (χ1n) is 9.95. The fraction of sp³-hybridized carbons (Fsp3) is 0.182. The summed E-state index contributed by atoms with van der Waals surface area (Å²) in [6.45, 7) is -1.09. The molecule has 2 aromatic rings. The number of carbonyl (C=O) groups is 4. The maximum atomic E-state index is 11.9. The zero-order valence-electron chi connectivity index (χ0n) is 19.1. The Hall–Kier alpha value is -5.14. The number of ether oxygens (including phenoxy) is 4. The van der Waals surface area contributed by atoms with Crippen LogP contribution in [0.4, 0.5) is 0 Å². The van der Waals surface area contributed by atoms with Crippen LogP contribution in [0.25, 0.3) is 0 Å². The van der Waals surface area contributed by atoms with Crippen molar-refractivity contribution in [2.45, 2.75) is 0 Å². The third kappa shape index (κ3) is 8.66. The molecule has 190 valence electrons. The molecule has 0 saturated carbocycles. The molecule has 0 fully saturated rings. The Bertz CT molecular complexity index is 1090. The molecule has 36 heavy (non-hydrogen) atoms. The van der Waals surface area contributed by atoms with E-state index in [-0.39, 0.29) is 23.0 Å². The molecule has 0 radical (unpaired) electrons. The third-order valence-electron chi connectivity index (χ3n) is 4.04. The fourth-order valence-electron chi connectivity index (χ4n) is 2.48. The Morgan fingerprint density at radius 3 is 1.44 bits per heavy atom. The highest BCUT2D eigenvalue weighted by Crippen LogP contribution is 2.28. The van der Waals surface area contributed by atoms with Crippen LogP contribution in [-0.2, 0) is 19.2 Å². The van der Waals surface area contributed by atoms with Crippen LogP contribution >= 0.6 is 0 Å². The van der Waals surface area contributed by atoms with Crippen molar-refractivity contribution in [3.05, 3.63) is 47.5 Å². The fourth-order valence-corrected chi connectivity index (χ4v) is 2.48. The number of nitrogens with zero attached hydrogens (tertiary/aromatic N) is 2. The molecule has 2 rings (SSSR count). The van der Waals surface area contributed by atoms with Crippen molar-refractivity contribution < 1.29 is 48.3 Å². The molecule has 2 amide bonds. The van der Waals surface area contributed by atoms with E-state index in [2.05, 4.69) is 10.2 Å². The minimum atomic E-state index is -1.15. The van der Waals surface area contributed by atoms with Gasteiger partial charge in [-0.3, -0.25) is 9.59 Å². The summed E-state index contributed by atoms with van der Waals surface area (Å²) in [6.07, 6.45) is 2.47. The molecular weight excluding hydrogens is 480 g/mol. The van der Waals surface area contributed by atoms with Gasteiger partial charge < -0.3 is 29.2 Å². The van der Waals surface area contributed by atoms with Gasteiger partial charge in [0, 0.05) is 0 Å². The summed E-state index contributed by atoms with van der Waals surface area (Å²) in [4.78, 5) is 45.0. The van der Waals surface area contributed by atoms with Crippen molar-refractivity contribution in [1.82, 2.24) is 10.9 Å². The SMILES string of the molecule is COc1cc(C=NNC(=O)C(=O)N/N=C/c2ccc(OCC(=O)O)c(OC)c2)ccc1OCC(=O)O. The van der Waals surface area contributed by atoms with E-state index >= 15 is 0 Å². The number of methoxy groups -OCH3 is 2. The summed E-state index contributed by atoms with van der Waals surface area (Å²) >= 11 is 0. The van der Waals surface area contributed by atoms with Crippen molar-refractivity contribution in [1.29, 1.82) is 0 Å². The van der Waals surface area contributed by atoms with Gasteiger partial charge in [-0.1, -0.05) is 0 Å². The number of carboxylic acid groups (broad SMARTS) is 2. The largest absolute Gasteiger partial charge is 0.493 e. The number of aliphatic carboxylic acids is 2. The van der Waals surface area contributed by atoms with Gasteiger partial charge in [-0.2, -0.15) is 10.2 Å². The molecule has 0 aromatic heterocycles. The first-order valence-corrected chi connectivity index (χ1v) is 9.95. The second kappa shape index (κ2) is 13.5. The van der Waals surface area contributed by atoms with E-state index in [9.17, 15) is 19.2 Å². The van der Waals surface area contributed by atoms with Gasteiger partial charge in [0.15, 0.2) is 36.2 Å². The van der Waals surface area contributed by atoms with E-state index in [4.69, 9.17) is 29.2 Å². The number of carboxylic acids is 2. The number of benzene rings is 2. The highest BCUT2D eigenvalue weighted by Gasteiger charge is 2.12. The third-order valence-corrected chi connectivity index (χ3v) is 4.04. The molecule has 0 unspecified atom stereocenters. The number of nitrogens with one attached hydrogen (secondary N) is 2. The van der Waals surface area contributed by atoms with E-state index < -0.39 is 37.0 Å². The molecule has 0 atom stereocenters. The standard InChI is InChI=1S/C22H22N4O10/c1-33-17-7-13(3-5-15(17)35-11-19(27)28)9-23-25-21(31)22(32)26-24-10-14-4-6-16(18(8-14)34-2)36-12-20(29)30/h3-10H,11-12H2,1-2H3,(H,25,31)(H,26,32)(H,27,28)(H,29,30)/b23-9+,24-10?. The van der Waals surface area contributed by atoms with Crippen LogP contribution in [0.3, 0.4) is 0 Å². The van der Waals surface area contributed by atoms with Crippen molar-refractivity contribution in [3.8, 4) is 23.0 Å². The van der Waals surface area contributed by atoms with Gasteiger partial charge in [0.25, 0.3) is 0 Å². The van der Waals surface area contributed by atoms with Crippen LogP contribution in [0.1, 0.15) is 11.1 Å². The number of hydrogen-bond acceptors (Lipinski definition) is 10. The predicted molar refractivity (Wildman–Crippen MR) is 124 cm³/mol. The second-order valence-electron chi connectivity index (χ2n) is 6.58. The lowest BCUT2D eigenvalue weighted by molar-refractivity contribution is -0.140. The lowest BCUT2D eigenvalue weighted by Crippen LogP contribution is -2.35. The zero-order valence-corrected chi connectivity index (χ0v) is 19.1. The molecule has 0 saturated heterocycles. The number of carbonyl (C=O) groups excluding carboxylic acids is 2. The molecule has 2 aromatic carbocycles. The van der Waals surface area contributed by atoms with Crippen LogP contribution in [0.5, 0.6) is 23.0 Å². The van der Waals surface area contributed by atoms with Gasteiger partial charge in [0.2, 0.25) is 0 Å². The summed E-state index contributed by atoms with van der Waals surface area (Å²) in [5, 5.41) is 24.7. The van der Waals surface area contributed by atoms with Gasteiger partial charge in [0.05, 0.1) is 26.6 Å². The summed E-state index contributed by atoms with van der Waals surface area (Å²) in [5.41, 5.74) is 5.00. The minimum Gasteiger partial charge on any atom is -0.493 e. The molecule has 0 aliphatic heterocycles. The average Bonchev–Trinajstić information content (AvgIpc) is 2.86. The minimum absolute atomic E-state index is 0.207. The average molecular weight is 502 g/mol. The van der Waals surface area contributed by atoms with E-state index in [1.807, 2.05) is 10.9 Å². The number of amides is 2. The first-order chi connectivity index (χ1) is 17.2. The molecule has 0 aliphatic rings. The van der Waals surface area contributed by atoms with E-state index in [1.165, 1.54) is 63.0 Å². The van der Waals surface area contributed by atoms with Crippen molar-refractivity contribution in [2.24, 2.45) is 10.2 Å². The maximum absolute atomic E-state index is 11.9. The van der Waals surface area contributed by atoms with Gasteiger partial charge in [-0.05, 0) is 47.5 Å². The van der Waals surface area contributed by atoms with Crippen molar-refractivity contribution >= 4 is 36.2 Å². The number of hydrazone groups is 2. The Morgan fingerprint density at radius 1 is 0.722 bits per heavy atom. The molecule has 14 heteroatoms. The smallest absolute Gasteiger partial charge is 0.341 e. The summed E-state index contributed by atoms with van der Waals surface area (Å²) in [6, 6.07) is 8.98. The van der Waals surface area contributed by atoms with Gasteiger partial charge in [0.1, 0.15) is 0 Å². The highest BCUT2D eigenvalue weighted by atomic mass is 16.5. The first kappa shape index (κ1) is 27.1. The quantitative estimate of drug-likeness (QED) is 0.177. The van der Waals surface area contributed by atoms with Crippen LogP contribution < -0.4 is 29.8 Å². The van der Waals surface area contributed by atoms with E-state index in [0.29, 0.717) is 11.1 Å². The van der Waals surface area contributed by atoms with Crippen molar-refractivity contribution in [2.75, 3.05) is 27.4 Å². The summed E-state index contributed by atoms with van der Waals surface area (Å²) in [5.74, 6) is -3.56. The molecule has 4 N–H and O–H groups in total. The molecule has 0 aliphatic carbocycles. The number of hydrogen-bond donors (Lipinski definition) is 4. The van der Waals surface area contributed by atoms with E-state index in [0.717, 1.165) is 0 Å². The van der Waals surface area contributed by atoms with Gasteiger partial charge in [-0.25, -0.2) is 20.4 Å². The maximum Gasteiger partial charge on any atom is 0.341 e. The lowest BCUT2D eigenvalue weighted by atomic mass is 10.2. The Balaban J connectivity index is 1.90. The second-order valence-corrected chi connectivity index (χ2v) is 6.58. The van der Waals surface area contributed by atoms with Gasteiger partial charge >= 0.3 is 23.8 Å². The zero-order chi connectivity index (χ0) is 26.5. The topological polar surface area (TPSA) is 194 Å². The molecule has 14 nitrogen and oxygen atoms in total. The summed E-state index contributed by atoms with van der Waals surface area (Å²) < 4.78 is 20.4. The molecule has 0 bridgehead atoms. The van der Waals surface area contributed by atoms with Crippen LogP contribution in [0.2, 0.25) is 0 Å². The van der Waals surface area contributed by atoms with Crippen LogP contribution in [0.15, 0.2) is 46.6 Å². The highest BCUT2D eigenvalue weighted by molar-refractivity contribution is 6.35. The van der Waals surface area contributed by atoms with Crippen LogP contribution in [-0.4, -0.2) is 73.8 Å². The van der Waals surface area contributed by atoms with E-state index in [1.54, 1.807) is 0 Å². The van der Waals surface area contributed by atoms with Crippen molar-refractivity contribution in [3.63, 3.8) is 0 Å². The lowest BCUT2D eigenvalue weighted by Gasteiger charge is -2.09. The van der Waals surface area contributed by atoms with Crippen LogP contribution in [0, 0.1) is 0 Å². The Labute approximate surface area is 204 Å². The molecule has 0 heterocycles. The normalized spacial score (nSPS) is 10.6. The Morgan fingerprint density at radius 2 is 1.11 bits per heavy atom. The van der Waals surface area contributed by atoms with Gasteiger partial charge in [-0.15, -0.1) is 0 Å². The Kier molecular flexibility index (Phi) is 10.2.